The minimum absolute atomic E-state index is 0.106. The highest BCUT2D eigenvalue weighted by atomic mass is 79.9. The number of nitrogens with zero attached hydrogens (tertiary/aromatic N) is 2. The minimum Gasteiger partial charge on any atom is -0.475 e. The van der Waals surface area contributed by atoms with Crippen molar-refractivity contribution in [2.75, 3.05) is 0 Å². The molecule has 0 aliphatic carbocycles. The number of furan rings is 1. The molecular formula is C12H11BrN2O4. The van der Waals surface area contributed by atoms with Gasteiger partial charge >= 0.3 is 11.7 Å². The summed E-state index contributed by atoms with van der Waals surface area (Å²) in [5, 5.41) is 8.96. The van der Waals surface area contributed by atoms with E-state index in [1.165, 1.54) is 16.9 Å². The van der Waals surface area contributed by atoms with Crippen LogP contribution in [0.15, 0.2) is 26.0 Å². The first-order valence-corrected chi connectivity index (χ1v) is 6.24. The SMILES string of the molecule is Cc1nc(=O)n(Cc2ccoc2C(=O)O)c(C)c1Br. The van der Waals surface area contributed by atoms with E-state index in [2.05, 4.69) is 20.9 Å². The summed E-state index contributed by atoms with van der Waals surface area (Å²) >= 11 is 3.35. The number of aromatic carboxylic acids is 1. The monoisotopic (exact) mass is 326 g/mol. The first-order valence-electron chi connectivity index (χ1n) is 5.45. The fourth-order valence-corrected chi connectivity index (χ4v) is 2.08. The molecule has 2 aromatic rings. The fourth-order valence-electron chi connectivity index (χ4n) is 1.78. The van der Waals surface area contributed by atoms with E-state index in [1.54, 1.807) is 13.8 Å². The number of carboxylic acid groups (broad SMARTS) is 1. The molecule has 0 saturated carbocycles. The molecule has 0 amide bonds. The first kappa shape index (κ1) is 13.5. The lowest BCUT2D eigenvalue weighted by Gasteiger charge is -2.11. The summed E-state index contributed by atoms with van der Waals surface area (Å²) in [4.78, 5) is 26.7. The topological polar surface area (TPSA) is 85.3 Å². The van der Waals surface area contributed by atoms with Gasteiger partial charge in [0.1, 0.15) is 0 Å². The number of hydrogen-bond acceptors (Lipinski definition) is 4. The van der Waals surface area contributed by atoms with E-state index in [0.717, 1.165) is 4.47 Å². The van der Waals surface area contributed by atoms with Gasteiger partial charge in [0.15, 0.2) is 0 Å². The van der Waals surface area contributed by atoms with Gasteiger partial charge in [-0.15, -0.1) is 0 Å². The third-order valence-corrected chi connectivity index (χ3v) is 3.95. The molecular weight excluding hydrogens is 316 g/mol. The smallest absolute Gasteiger partial charge is 0.372 e. The Morgan fingerprint density at radius 1 is 1.53 bits per heavy atom. The van der Waals surface area contributed by atoms with E-state index >= 15 is 0 Å². The summed E-state index contributed by atoms with van der Waals surface area (Å²) in [5.74, 6) is -1.33. The van der Waals surface area contributed by atoms with Crippen molar-refractivity contribution in [3.63, 3.8) is 0 Å². The van der Waals surface area contributed by atoms with Crippen LogP contribution in [0.2, 0.25) is 0 Å². The van der Waals surface area contributed by atoms with Crippen molar-refractivity contribution in [2.24, 2.45) is 0 Å². The highest BCUT2D eigenvalue weighted by Gasteiger charge is 2.17. The lowest BCUT2D eigenvalue weighted by atomic mass is 10.2. The molecule has 0 aliphatic rings. The lowest BCUT2D eigenvalue weighted by molar-refractivity contribution is 0.0660. The molecule has 7 heteroatoms. The van der Waals surface area contributed by atoms with Crippen molar-refractivity contribution < 1.29 is 14.3 Å². The van der Waals surface area contributed by atoms with Gasteiger partial charge in [-0.05, 0) is 35.8 Å². The second-order valence-electron chi connectivity index (χ2n) is 4.05. The van der Waals surface area contributed by atoms with Crippen LogP contribution < -0.4 is 5.69 Å². The van der Waals surface area contributed by atoms with Gasteiger partial charge in [0.25, 0.3) is 0 Å². The van der Waals surface area contributed by atoms with Gasteiger partial charge in [0.2, 0.25) is 5.76 Å². The van der Waals surface area contributed by atoms with Crippen LogP contribution >= 0.6 is 15.9 Å². The van der Waals surface area contributed by atoms with E-state index in [0.29, 0.717) is 17.0 Å². The summed E-state index contributed by atoms with van der Waals surface area (Å²) in [6, 6.07) is 1.53. The van der Waals surface area contributed by atoms with Crippen LogP contribution in [0.4, 0.5) is 0 Å². The molecule has 0 saturated heterocycles. The van der Waals surface area contributed by atoms with Crippen LogP contribution in [-0.4, -0.2) is 20.6 Å². The molecule has 0 spiro atoms. The third-order valence-electron chi connectivity index (χ3n) is 2.80. The third kappa shape index (κ3) is 2.46. The number of hydrogen-bond donors (Lipinski definition) is 1. The van der Waals surface area contributed by atoms with Gasteiger partial charge in [0.05, 0.1) is 23.0 Å². The Balaban J connectivity index is 2.50. The van der Waals surface area contributed by atoms with Gasteiger partial charge in [-0.1, -0.05) is 0 Å². The quantitative estimate of drug-likeness (QED) is 0.931. The van der Waals surface area contributed by atoms with E-state index in [9.17, 15) is 9.59 Å². The molecule has 0 fully saturated rings. The number of halogens is 1. The van der Waals surface area contributed by atoms with Crippen LogP contribution in [-0.2, 0) is 6.54 Å². The molecule has 0 atom stereocenters. The number of carboxylic acids is 1. The molecule has 100 valence electrons. The van der Waals surface area contributed by atoms with Crippen molar-refractivity contribution in [1.82, 2.24) is 9.55 Å². The highest BCUT2D eigenvalue weighted by Crippen LogP contribution is 2.19. The Labute approximate surface area is 116 Å². The first-order chi connectivity index (χ1) is 8.91. The predicted molar refractivity (Wildman–Crippen MR) is 70.4 cm³/mol. The number of carbonyl (C=O) groups is 1. The van der Waals surface area contributed by atoms with Crippen molar-refractivity contribution >= 4 is 21.9 Å². The maximum absolute atomic E-state index is 11.9. The summed E-state index contributed by atoms with van der Waals surface area (Å²) in [7, 11) is 0. The molecule has 2 rings (SSSR count). The summed E-state index contributed by atoms with van der Waals surface area (Å²) in [5.41, 5.74) is 1.30. The van der Waals surface area contributed by atoms with Crippen molar-refractivity contribution in [2.45, 2.75) is 20.4 Å². The average Bonchev–Trinajstić information content (AvgIpc) is 2.80. The van der Waals surface area contributed by atoms with Gasteiger partial charge in [-0.3, -0.25) is 4.57 Å². The largest absolute Gasteiger partial charge is 0.475 e. The van der Waals surface area contributed by atoms with E-state index in [4.69, 9.17) is 9.52 Å². The average molecular weight is 327 g/mol. The molecule has 19 heavy (non-hydrogen) atoms. The van der Waals surface area contributed by atoms with Crippen LogP contribution in [0.1, 0.15) is 27.5 Å². The zero-order valence-corrected chi connectivity index (χ0v) is 11.9. The second kappa shape index (κ2) is 5.00. The molecule has 2 heterocycles. The molecule has 0 unspecified atom stereocenters. The molecule has 0 aliphatic heterocycles. The summed E-state index contributed by atoms with van der Waals surface area (Å²) in [6.45, 7) is 3.60. The summed E-state index contributed by atoms with van der Waals surface area (Å²) in [6.07, 6.45) is 1.29. The molecule has 1 N–H and O–H groups in total. The van der Waals surface area contributed by atoms with Gasteiger partial charge in [-0.25, -0.2) is 9.59 Å². The van der Waals surface area contributed by atoms with Crippen LogP contribution in [0.25, 0.3) is 0 Å². The Morgan fingerprint density at radius 2 is 2.21 bits per heavy atom. The van der Waals surface area contributed by atoms with Crippen molar-refractivity contribution in [1.29, 1.82) is 0 Å². The second-order valence-corrected chi connectivity index (χ2v) is 4.84. The zero-order chi connectivity index (χ0) is 14.2. The number of rotatable bonds is 3. The summed E-state index contributed by atoms with van der Waals surface area (Å²) < 4.78 is 7.01. The Morgan fingerprint density at radius 3 is 2.84 bits per heavy atom. The number of aryl methyl sites for hydroxylation is 1. The number of aromatic nitrogens is 2. The van der Waals surface area contributed by atoms with Crippen molar-refractivity contribution in [3.05, 3.63) is 50.0 Å². The zero-order valence-electron chi connectivity index (χ0n) is 10.3. The van der Waals surface area contributed by atoms with E-state index in [1.807, 2.05) is 0 Å². The normalized spacial score (nSPS) is 10.7. The maximum atomic E-state index is 11.9. The maximum Gasteiger partial charge on any atom is 0.372 e. The standard InChI is InChI=1S/C12H11BrN2O4/c1-6-9(13)7(2)15(12(18)14-6)5-8-3-4-19-10(8)11(16)17/h3-4H,5H2,1-2H3,(H,16,17). The lowest BCUT2D eigenvalue weighted by Crippen LogP contribution is -2.27. The predicted octanol–water partition coefficient (Wildman–Crippen LogP) is 1.96. The van der Waals surface area contributed by atoms with Gasteiger partial charge in [-0.2, -0.15) is 4.98 Å². The van der Waals surface area contributed by atoms with Crippen LogP contribution in [0.5, 0.6) is 0 Å². The molecule has 0 radical (unpaired) electrons. The molecule has 6 nitrogen and oxygen atoms in total. The van der Waals surface area contributed by atoms with Gasteiger partial charge < -0.3 is 9.52 Å². The fraction of sp³-hybridized carbons (Fsp3) is 0.250. The Kier molecular flexibility index (Phi) is 3.57. The van der Waals surface area contributed by atoms with Crippen molar-refractivity contribution in [3.8, 4) is 0 Å². The van der Waals surface area contributed by atoms with E-state index < -0.39 is 11.7 Å². The Bertz CT molecular complexity index is 702. The minimum atomic E-state index is -1.16. The van der Waals surface area contributed by atoms with Gasteiger partial charge in [0, 0.05) is 11.3 Å². The highest BCUT2D eigenvalue weighted by molar-refractivity contribution is 9.10. The molecule has 0 bridgehead atoms. The van der Waals surface area contributed by atoms with Crippen LogP contribution in [0.3, 0.4) is 0 Å². The molecule has 0 aromatic carbocycles. The molecule has 2 aromatic heterocycles. The Hall–Kier alpha value is -1.89. The van der Waals surface area contributed by atoms with Crippen LogP contribution in [0, 0.1) is 13.8 Å². The van der Waals surface area contributed by atoms with E-state index in [-0.39, 0.29) is 12.3 Å².